The molecule has 22 heavy (non-hydrogen) atoms. The highest BCUT2D eigenvalue weighted by Crippen LogP contribution is 2.45. The number of hydrogen-bond donors (Lipinski definition) is 1. The van der Waals surface area contributed by atoms with Gasteiger partial charge in [0.15, 0.2) is 0 Å². The molecule has 1 aliphatic rings. The Morgan fingerprint density at radius 2 is 1.27 bits per heavy atom. The minimum atomic E-state index is -0.00740. The molecule has 3 aromatic carbocycles. The van der Waals surface area contributed by atoms with Crippen molar-refractivity contribution in [2.24, 2.45) is 4.99 Å². The zero-order chi connectivity index (χ0) is 14.9. The van der Waals surface area contributed by atoms with E-state index in [1.54, 1.807) is 12.3 Å². The van der Waals surface area contributed by atoms with Crippen LogP contribution in [0.5, 0.6) is 5.75 Å². The number of fused-ring (bicyclic) bond motifs is 3. The predicted molar refractivity (Wildman–Crippen MR) is 89.4 cm³/mol. The average molecular weight is 285 g/mol. The summed E-state index contributed by atoms with van der Waals surface area (Å²) in [4.78, 5) is 4.75. The zero-order valence-corrected chi connectivity index (χ0v) is 12.0. The number of nitrogens with zero attached hydrogens (tertiary/aromatic N) is 1. The highest BCUT2D eigenvalue weighted by Gasteiger charge is 2.26. The Hall–Kier alpha value is -2.87. The second-order valence-electron chi connectivity index (χ2n) is 5.41. The molecule has 0 fully saturated rings. The molecule has 2 nitrogen and oxygen atoms in total. The number of benzene rings is 3. The van der Waals surface area contributed by atoms with E-state index in [9.17, 15) is 5.11 Å². The van der Waals surface area contributed by atoms with Crippen LogP contribution in [0, 0.1) is 0 Å². The fourth-order valence-electron chi connectivity index (χ4n) is 3.04. The second-order valence-corrected chi connectivity index (χ2v) is 5.41. The summed E-state index contributed by atoms with van der Waals surface area (Å²) >= 11 is 0. The molecule has 0 atom stereocenters. The van der Waals surface area contributed by atoms with E-state index in [0.717, 1.165) is 5.56 Å². The summed E-state index contributed by atoms with van der Waals surface area (Å²) in [7, 11) is 0. The standard InChI is InChI=1S/C20H15NO/c22-19-12-6-1-7-14(19)13-21-20-17-10-4-2-8-15(17)16-9-3-5-11-18(16)20/h1-13,20,22H. The summed E-state index contributed by atoms with van der Waals surface area (Å²) in [5.74, 6) is 0.255. The number of phenols is 1. The molecular formula is C20H15NO. The van der Waals surface area contributed by atoms with Gasteiger partial charge in [-0.05, 0) is 34.4 Å². The van der Waals surface area contributed by atoms with Gasteiger partial charge in [0.05, 0.1) is 0 Å². The largest absolute Gasteiger partial charge is 0.507 e. The van der Waals surface area contributed by atoms with Crippen molar-refractivity contribution in [3.05, 3.63) is 89.5 Å². The smallest absolute Gasteiger partial charge is 0.124 e. The van der Waals surface area contributed by atoms with Crippen LogP contribution in [0.1, 0.15) is 22.7 Å². The van der Waals surface area contributed by atoms with Gasteiger partial charge in [0.1, 0.15) is 11.8 Å². The Morgan fingerprint density at radius 3 is 1.91 bits per heavy atom. The molecule has 0 saturated heterocycles. The van der Waals surface area contributed by atoms with Crippen molar-refractivity contribution in [3.8, 4) is 16.9 Å². The summed E-state index contributed by atoms with van der Waals surface area (Å²) in [5.41, 5.74) is 5.67. The van der Waals surface area contributed by atoms with Crippen molar-refractivity contribution in [3.63, 3.8) is 0 Å². The molecule has 1 N–H and O–H groups in total. The van der Waals surface area contributed by atoms with E-state index in [4.69, 9.17) is 4.99 Å². The Morgan fingerprint density at radius 1 is 0.727 bits per heavy atom. The number of hydrogen-bond acceptors (Lipinski definition) is 2. The van der Waals surface area contributed by atoms with Crippen molar-refractivity contribution in [2.45, 2.75) is 6.04 Å². The molecule has 0 aliphatic heterocycles. The summed E-state index contributed by atoms with van der Waals surface area (Å²) in [6.07, 6.45) is 1.76. The lowest BCUT2D eigenvalue weighted by Crippen LogP contribution is -1.94. The maximum absolute atomic E-state index is 9.88. The Kier molecular flexibility index (Phi) is 3.01. The van der Waals surface area contributed by atoms with Crippen LogP contribution in [0.15, 0.2) is 77.8 Å². The molecule has 0 heterocycles. The van der Waals surface area contributed by atoms with Crippen LogP contribution in [-0.2, 0) is 0 Å². The number of rotatable bonds is 2. The first kappa shape index (κ1) is 12.8. The summed E-state index contributed by atoms with van der Waals surface area (Å²) < 4.78 is 0. The van der Waals surface area contributed by atoms with Gasteiger partial charge in [-0.2, -0.15) is 0 Å². The van der Waals surface area contributed by atoms with Gasteiger partial charge in [-0.25, -0.2) is 0 Å². The molecule has 106 valence electrons. The van der Waals surface area contributed by atoms with Crippen LogP contribution in [0.3, 0.4) is 0 Å². The van der Waals surface area contributed by atoms with Gasteiger partial charge in [-0.1, -0.05) is 60.7 Å². The van der Waals surface area contributed by atoms with Gasteiger partial charge in [0.2, 0.25) is 0 Å². The third-order valence-electron chi connectivity index (χ3n) is 4.10. The van der Waals surface area contributed by atoms with Crippen LogP contribution in [-0.4, -0.2) is 11.3 Å². The lowest BCUT2D eigenvalue weighted by atomic mass is 10.1. The van der Waals surface area contributed by atoms with Crippen molar-refractivity contribution in [1.82, 2.24) is 0 Å². The van der Waals surface area contributed by atoms with E-state index in [-0.39, 0.29) is 11.8 Å². The fourth-order valence-corrected chi connectivity index (χ4v) is 3.04. The number of para-hydroxylation sites is 1. The topological polar surface area (TPSA) is 32.6 Å². The molecular weight excluding hydrogens is 270 g/mol. The van der Waals surface area contributed by atoms with Crippen LogP contribution in [0.2, 0.25) is 0 Å². The molecule has 4 rings (SSSR count). The van der Waals surface area contributed by atoms with E-state index in [2.05, 4.69) is 36.4 Å². The van der Waals surface area contributed by atoms with Gasteiger partial charge in [-0.15, -0.1) is 0 Å². The molecule has 0 radical (unpaired) electrons. The maximum atomic E-state index is 9.88. The molecule has 0 spiro atoms. The molecule has 0 unspecified atom stereocenters. The Labute approximate surface area is 129 Å². The molecule has 0 aromatic heterocycles. The lowest BCUT2D eigenvalue weighted by molar-refractivity contribution is 0.474. The number of aliphatic imine (C=N–C) groups is 1. The Balaban J connectivity index is 1.81. The van der Waals surface area contributed by atoms with Gasteiger partial charge in [0, 0.05) is 11.8 Å². The van der Waals surface area contributed by atoms with Crippen molar-refractivity contribution >= 4 is 6.21 Å². The second kappa shape index (κ2) is 5.15. The van der Waals surface area contributed by atoms with Crippen LogP contribution >= 0.6 is 0 Å². The summed E-state index contributed by atoms with van der Waals surface area (Å²) in [5, 5.41) is 9.88. The number of aromatic hydroxyl groups is 1. The highest BCUT2D eigenvalue weighted by molar-refractivity contribution is 5.85. The first-order valence-electron chi connectivity index (χ1n) is 7.34. The molecule has 2 heteroatoms. The van der Waals surface area contributed by atoms with E-state index in [1.807, 2.05) is 30.3 Å². The normalized spacial score (nSPS) is 13.3. The maximum Gasteiger partial charge on any atom is 0.124 e. The van der Waals surface area contributed by atoms with Crippen molar-refractivity contribution < 1.29 is 5.11 Å². The minimum absolute atomic E-state index is 0.00740. The van der Waals surface area contributed by atoms with Crippen molar-refractivity contribution in [2.75, 3.05) is 0 Å². The summed E-state index contributed by atoms with van der Waals surface area (Å²) in [6, 6.07) is 24.0. The zero-order valence-electron chi connectivity index (χ0n) is 12.0. The van der Waals surface area contributed by atoms with E-state index in [1.165, 1.54) is 22.3 Å². The highest BCUT2D eigenvalue weighted by atomic mass is 16.3. The quantitative estimate of drug-likeness (QED) is 0.687. The predicted octanol–water partition coefficient (Wildman–Crippen LogP) is 4.58. The van der Waals surface area contributed by atoms with Crippen LogP contribution < -0.4 is 0 Å². The fraction of sp³-hybridized carbons (Fsp3) is 0.0500. The van der Waals surface area contributed by atoms with Gasteiger partial charge >= 0.3 is 0 Å². The molecule has 0 amide bonds. The first-order chi connectivity index (χ1) is 10.8. The van der Waals surface area contributed by atoms with Gasteiger partial charge in [0.25, 0.3) is 0 Å². The summed E-state index contributed by atoms with van der Waals surface area (Å²) in [6.45, 7) is 0. The number of phenolic OH excluding ortho intramolecular Hbond substituents is 1. The van der Waals surface area contributed by atoms with Gasteiger partial charge in [-0.3, -0.25) is 4.99 Å². The van der Waals surface area contributed by atoms with E-state index < -0.39 is 0 Å². The average Bonchev–Trinajstić information content (AvgIpc) is 2.89. The minimum Gasteiger partial charge on any atom is -0.507 e. The van der Waals surface area contributed by atoms with E-state index in [0.29, 0.717) is 0 Å². The van der Waals surface area contributed by atoms with Crippen LogP contribution in [0.25, 0.3) is 11.1 Å². The van der Waals surface area contributed by atoms with E-state index >= 15 is 0 Å². The molecule has 0 saturated carbocycles. The third kappa shape index (κ3) is 2.01. The SMILES string of the molecule is Oc1ccccc1C=NC1c2ccccc2-c2ccccc21. The monoisotopic (exact) mass is 285 g/mol. The lowest BCUT2D eigenvalue weighted by Gasteiger charge is -2.08. The first-order valence-corrected chi connectivity index (χ1v) is 7.34. The molecule has 3 aromatic rings. The van der Waals surface area contributed by atoms with Crippen molar-refractivity contribution in [1.29, 1.82) is 0 Å². The van der Waals surface area contributed by atoms with Gasteiger partial charge < -0.3 is 5.11 Å². The molecule has 0 bridgehead atoms. The third-order valence-corrected chi connectivity index (χ3v) is 4.10. The Bertz CT molecular complexity index is 821. The van der Waals surface area contributed by atoms with Crippen LogP contribution in [0.4, 0.5) is 0 Å². The molecule has 1 aliphatic carbocycles.